The minimum atomic E-state index is -0.338. The number of aryl methyl sites for hydroxylation is 1. The van der Waals surface area contributed by atoms with E-state index in [2.05, 4.69) is 21.0 Å². The van der Waals surface area contributed by atoms with Crippen LogP contribution in [0.15, 0.2) is 35.1 Å². The molecule has 0 saturated heterocycles. The second-order valence-corrected chi connectivity index (χ2v) is 5.27. The van der Waals surface area contributed by atoms with Crippen LogP contribution in [0.1, 0.15) is 18.6 Å². The first-order valence-electron chi connectivity index (χ1n) is 5.83. The quantitative estimate of drug-likeness (QED) is 0.939. The molecule has 0 radical (unpaired) electrons. The van der Waals surface area contributed by atoms with E-state index < -0.39 is 0 Å². The van der Waals surface area contributed by atoms with E-state index in [1.807, 2.05) is 20.2 Å². The summed E-state index contributed by atoms with van der Waals surface area (Å²) in [5.74, 6) is 0.227. The molecule has 102 valence electrons. The van der Waals surface area contributed by atoms with E-state index in [1.54, 1.807) is 16.9 Å². The summed E-state index contributed by atoms with van der Waals surface area (Å²) in [5.41, 5.74) is 6.84. The van der Waals surface area contributed by atoms with Crippen molar-refractivity contribution < 1.29 is 9.13 Å². The van der Waals surface area contributed by atoms with E-state index in [0.717, 1.165) is 5.56 Å². The van der Waals surface area contributed by atoms with Crippen LogP contribution in [0, 0.1) is 5.82 Å². The molecule has 1 aromatic heterocycles. The second-order valence-electron chi connectivity index (χ2n) is 4.42. The van der Waals surface area contributed by atoms with E-state index in [9.17, 15) is 4.39 Å². The lowest BCUT2D eigenvalue weighted by atomic mass is 10.1. The largest absolute Gasteiger partial charge is 0.483 e. The van der Waals surface area contributed by atoms with Crippen molar-refractivity contribution in [3.8, 4) is 5.75 Å². The number of hydrogen-bond donors (Lipinski definition) is 1. The number of nitrogens with two attached hydrogens (primary N) is 1. The van der Waals surface area contributed by atoms with Gasteiger partial charge >= 0.3 is 0 Å². The van der Waals surface area contributed by atoms with Gasteiger partial charge in [0, 0.05) is 24.8 Å². The molecule has 4 nitrogen and oxygen atoms in total. The van der Waals surface area contributed by atoms with E-state index in [0.29, 0.717) is 10.2 Å². The van der Waals surface area contributed by atoms with Gasteiger partial charge in [0.15, 0.2) is 0 Å². The van der Waals surface area contributed by atoms with Gasteiger partial charge in [0.05, 0.1) is 10.7 Å². The highest BCUT2D eigenvalue weighted by Gasteiger charge is 2.21. The average Bonchev–Trinajstić information content (AvgIpc) is 2.74. The van der Waals surface area contributed by atoms with Crippen LogP contribution in [0.3, 0.4) is 0 Å². The molecule has 2 N–H and O–H groups in total. The summed E-state index contributed by atoms with van der Waals surface area (Å²) in [6.07, 6.45) is 3.23. The van der Waals surface area contributed by atoms with E-state index in [-0.39, 0.29) is 18.0 Å². The SMILES string of the molecule is CC(N)C(Oc1ccc(F)cc1Br)c1cnn(C)c1. The van der Waals surface area contributed by atoms with Crippen LogP contribution in [0.2, 0.25) is 0 Å². The molecule has 2 rings (SSSR count). The number of nitrogens with zero attached hydrogens (tertiary/aromatic N) is 2. The summed E-state index contributed by atoms with van der Waals surface area (Å²) in [6, 6.07) is 4.06. The molecule has 0 saturated carbocycles. The van der Waals surface area contributed by atoms with Gasteiger partial charge in [-0.25, -0.2) is 4.39 Å². The summed E-state index contributed by atoms with van der Waals surface area (Å²) in [7, 11) is 1.83. The Balaban J connectivity index is 2.26. The highest BCUT2D eigenvalue weighted by atomic mass is 79.9. The normalized spacial score (nSPS) is 14.2. The Morgan fingerprint density at radius 3 is 2.74 bits per heavy atom. The van der Waals surface area contributed by atoms with Crippen molar-refractivity contribution in [2.24, 2.45) is 12.8 Å². The van der Waals surface area contributed by atoms with Crippen molar-refractivity contribution in [2.75, 3.05) is 0 Å². The number of ether oxygens (including phenoxy) is 1. The van der Waals surface area contributed by atoms with Gasteiger partial charge in [-0.05, 0) is 41.1 Å². The van der Waals surface area contributed by atoms with Gasteiger partial charge in [-0.1, -0.05) is 0 Å². The summed E-state index contributed by atoms with van der Waals surface area (Å²) in [4.78, 5) is 0. The number of aromatic nitrogens is 2. The Morgan fingerprint density at radius 2 is 2.21 bits per heavy atom. The molecule has 0 amide bonds. The van der Waals surface area contributed by atoms with Crippen LogP contribution in [0.5, 0.6) is 5.75 Å². The minimum absolute atomic E-state index is 0.221. The van der Waals surface area contributed by atoms with Crippen molar-refractivity contribution >= 4 is 15.9 Å². The third-order valence-electron chi connectivity index (χ3n) is 2.68. The fourth-order valence-electron chi connectivity index (χ4n) is 1.77. The maximum atomic E-state index is 13.0. The van der Waals surface area contributed by atoms with Crippen molar-refractivity contribution in [2.45, 2.75) is 19.1 Å². The van der Waals surface area contributed by atoms with Crippen LogP contribution in [0.25, 0.3) is 0 Å². The molecule has 0 aliphatic carbocycles. The standard InChI is InChI=1S/C13H15BrFN3O/c1-8(16)13(9-6-17-18(2)7-9)19-12-4-3-10(15)5-11(12)14/h3-8,13H,16H2,1-2H3. The van der Waals surface area contributed by atoms with Crippen molar-refractivity contribution in [3.05, 3.63) is 46.4 Å². The molecule has 0 aliphatic heterocycles. The molecular weight excluding hydrogens is 313 g/mol. The van der Waals surface area contributed by atoms with Gasteiger partial charge in [0.25, 0.3) is 0 Å². The number of benzene rings is 1. The first kappa shape index (κ1) is 14.0. The summed E-state index contributed by atoms with van der Waals surface area (Å²) >= 11 is 3.28. The molecule has 0 bridgehead atoms. The van der Waals surface area contributed by atoms with Gasteiger partial charge in [-0.15, -0.1) is 0 Å². The highest BCUT2D eigenvalue weighted by Crippen LogP contribution is 2.30. The molecular formula is C13H15BrFN3O. The molecule has 2 unspecified atom stereocenters. The lowest BCUT2D eigenvalue weighted by molar-refractivity contribution is 0.179. The third kappa shape index (κ3) is 3.33. The molecule has 6 heteroatoms. The third-order valence-corrected chi connectivity index (χ3v) is 3.30. The van der Waals surface area contributed by atoms with Gasteiger partial charge in [0.1, 0.15) is 17.7 Å². The van der Waals surface area contributed by atoms with Crippen molar-refractivity contribution in [3.63, 3.8) is 0 Å². The summed E-state index contributed by atoms with van der Waals surface area (Å²) in [5, 5.41) is 4.11. The molecule has 19 heavy (non-hydrogen) atoms. The predicted octanol–water partition coefficient (Wildman–Crippen LogP) is 2.79. The van der Waals surface area contributed by atoms with E-state index in [4.69, 9.17) is 10.5 Å². The van der Waals surface area contributed by atoms with E-state index in [1.165, 1.54) is 12.1 Å². The monoisotopic (exact) mass is 327 g/mol. The topological polar surface area (TPSA) is 53.1 Å². The first-order valence-corrected chi connectivity index (χ1v) is 6.62. The first-order chi connectivity index (χ1) is 8.97. The van der Waals surface area contributed by atoms with Crippen LogP contribution in [-0.2, 0) is 7.05 Å². The molecule has 2 aromatic rings. The smallest absolute Gasteiger partial charge is 0.142 e. The summed E-state index contributed by atoms with van der Waals surface area (Å²) < 4.78 is 21.2. The zero-order chi connectivity index (χ0) is 14.0. The zero-order valence-electron chi connectivity index (χ0n) is 10.7. The Hall–Kier alpha value is -1.40. The van der Waals surface area contributed by atoms with Gasteiger partial charge in [-0.2, -0.15) is 5.10 Å². The second kappa shape index (κ2) is 5.71. The van der Waals surface area contributed by atoms with Crippen LogP contribution < -0.4 is 10.5 Å². The molecule has 1 heterocycles. The lowest BCUT2D eigenvalue weighted by Crippen LogP contribution is -2.28. The fraction of sp³-hybridized carbons (Fsp3) is 0.308. The molecule has 0 fully saturated rings. The minimum Gasteiger partial charge on any atom is -0.483 e. The Bertz CT molecular complexity index is 571. The fourth-order valence-corrected chi connectivity index (χ4v) is 2.22. The molecule has 2 atom stereocenters. The van der Waals surface area contributed by atoms with Crippen molar-refractivity contribution in [1.82, 2.24) is 9.78 Å². The molecule has 1 aromatic carbocycles. The van der Waals surface area contributed by atoms with Gasteiger partial charge < -0.3 is 10.5 Å². The maximum absolute atomic E-state index is 13.0. The van der Waals surface area contributed by atoms with E-state index >= 15 is 0 Å². The molecule has 0 spiro atoms. The Labute approximate surface area is 119 Å². The average molecular weight is 328 g/mol. The predicted molar refractivity (Wildman–Crippen MR) is 74.3 cm³/mol. The zero-order valence-corrected chi connectivity index (χ0v) is 12.3. The maximum Gasteiger partial charge on any atom is 0.142 e. The van der Waals surface area contributed by atoms with Crippen LogP contribution >= 0.6 is 15.9 Å². The summed E-state index contributed by atoms with van der Waals surface area (Å²) in [6.45, 7) is 1.86. The number of hydrogen-bond acceptors (Lipinski definition) is 3. The van der Waals surface area contributed by atoms with Crippen LogP contribution in [-0.4, -0.2) is 15.8 Å². The van der Waals surface area contributed by atoms with Gasteiger partial charge in [-0.3, -0.25) is 4.68 Å². The lowest BCUT2D eigenvalue weighted by Gasteiger charge is -2.22. The highest BCUT2D eigenvalue weighted by molar-refractivity contribution is 9.10. The molecule has 0 aliphatic rings. The number of halogens is 2. The Kier molecular flexibility index (Phi) is 4.21. The van der Waals surface area contributed by atoms with Crippen LogP contribution in [0.4, 0.5) is 4.39 Å². The number of rotatable bonds is 4. The van der Waals surface area contributed by atoms with Crippen molar-refractivity contribution in [1.29, 1.82) is 0 Å². The van der Waals surface area contributed by atoms with Gasteiger partial charge in [0.2, 0.25) is 0 Å². The Morgan fingerprint density at radius 1 is 1.47 bits per heavy atom.